The standard InChI is InChI=1S/C14H14N4O3/c1-21-12(19)7-11-13(20)18(14(17-11)16-9-15)8-10-5-3-2-4-6-10/h2-6,11H,7-8H2,1H3,(H,16,17). The van der Waals surface area contributed by atoms with Gasteiger partial charge >= 0.3 is 5.97 Å². The molecule has 0 fully saturated rings. The zero-order valence-electron chi connectivity index (χ0n) is 11.4. The third-order valence-corrected chi connectivity index (χ3v) is 3.02. The summed E-state index contributed by atoms with van der Waals surface area (Å²) in [6.07, 6.45) is 1.60. The van der Waals surface area contributed by atoms with Crippen LogP contribution < -0.4 is 5.32 Å². The molecule has 1 aromatic rings. The van der Waals surface area contributed by atoms with Gasteiger partial charge in [-0.05, 0) is 5.56 Å². The fraction of sp³-hybridized carbons (Fsp3) is 0.286. The Bertz CT molecular complexity index is 606. The lowest BCUT2D eigenvalue weighted by Crippen LogP contribution is -2.40. The van der Waals surface area contributed by atoms with E-state index in [1.165, 1.54) is 12.0 Å². The van der Waals surface area contributed by atoms with Crippen molar-refractivity contribution in [1.82, 2.24) is 10.2 Å². The molecule has 21 heavy (non-hydrogen) atoms. The van der Waals surface area contributed by atoms with Crippen LogP contribution in [0.3, 0.4) is 0 Å². The van der Waals surface area contributed by atoms with Crippen LogP contribution in [0.15, 0.2) is 35.3 Å². The molecule has 0 saturated carbocycles. The number of aliphatic imine (C=N–C) groups is 1. The van der Waals surface area contributed by atoms with E-state index >= 15 is 0 Å². The van der Waals surface area contributed by atoms with Crippen LogP contribution in [0.2, 0.25) is 0 Å². The van der Waals surface area contributed by atoms with Gasteiger partial charge in [0, 0.05) is 0 Å². The lowest BCUT2D eigenvalue weighted by atomic mass is 10.2. The van der Waals surface area contributed by atoms with Crippen molar-refractivity contribution >= 4 is 17.8 Å². The van der Waals surface area contributed by atoms with E-state index in [0.717, 1.165) is 5.56 Å². The van der Waals surface area contributed by atoms with Crippen molar-refractivity contribution in [3.63, 3.8) is 0 Å². The lowest BCUT2D eigenvalue weighted by molar-refractivity contribution is -0.143. The van der Waals surface area contributed by atoms with Gasteiger partial charge in [-0.1, -0.05) is 30.3 Å². The number of rotatable bonds is 4. The molecule has 1 unspecified atom stereocenters. The van der Waals surface area contributed by atoms with E-state index in [-0.39, 0.29) is 24.8 Å². The minimum atomic E-state index is -0.850. The van der Waals surface area contributed by atoms with Crippen LogP contribution in [-0.4, -0.2) is 35.9 Å². The molecule has 0 aliphatic carbocycles. The van der Waals surface area contributed by atoms with Gasteiger partial charge in [0.1, 0.15) is 6.04 Å². The highest BCUT2D eigenvalue weighted by Crippen LogP contribution is 2.17. The van der Waals surface area contributed by atoms with Gasteiger partial charge in [-0.25, -0.2) is 4.99 Å². The van der Waals surface area contributed by atoms with Crippen LogP contribution in [0.25, 0.3) is 0 Å². The zero-order chi connectivity index (χ0) is 15.2. The summed E-state index contributed by atoms with van der Waals surface area (Å²) in [6, 6.07) is 8.47. The Morgan fingerprint density at radius 3 is 2.81 bits per heavy atom. The smallest absolute Gasteiger partial charge is 0.308 e. The summed E-state index contributed by atoms with van der Waals surface area (Å²) in [7, 11) is 1.25. The Kier molecular flexibility index (Phi) is 4.51. The first-order valence-electron chi connectivity index (χ1n) is 6.30. The van der Waals surface area contributed by atoms with Gasteiger partial charge in [-0.3, -0.25) is 19.8 Å². The maximum atomic E-state index is 12.3. The molecule has 2 rings (SSSR count). The summed E-state index contributed by atoms with van der Waals surface area (Å²) < 4.78 is 4.54. The minimum absolute atomic E-state index is 0.142. The van der Waals surface area contributed by atoms with E-state index in [2.05, 4.69) is 15.0 Å². The third-order valence-electron chi connectivity index (χ3n) is 3.02. The van der Waals surface area contributed by atoms with Gasteiger partial charge in [-0.15, -0.1) is 0 Å². The van der Waals surface area contributed by atoms with E-state index in [1.807, 2.05) is 30.3 Å². The molecule has 1 heterocycles. The average molecular weight is 286 g/mol. The second-order valence-corrected chi connectivity index (χ2v) is 4.40. The predicted octanol–water partition coefficient (Wildman–Crippen LogP) is 0.387. The molecule has 1 aromatic carbocycles. The molecule has 108 valence electrons. The fourth-order valence-electron chi connectivity index (χ4n) is 2.00. The van der Waals surface area contributed by atoms with Crippen molar-refractivity contribution in [1.29, 1.82) is 5.26 Å². The van der Waals surface area contributed by atoms with Crippen molar-refractivity contribution in [2.24, 2.45) is 4.99 Å². The second-order valence-electron chi connectivity index (χ2n) is 4.40. The van der Waals surface area contributed by atoms with Crippen molar-refractivity contribution in [2.45, 2.75) is 19.0 Å². The molecule has 7 nitrogen and oxygen atoms in total. The second kappa shape index (κ2) is 6.52. The van der Waals surface area contributed by atoms with Crippen molar-refractivity contribution < 1.29 is 14.3 Å². The largest absolute Gasteiger partial charge is 0.469 e. The molecule has 1 aliphatic heterocycles. The molecule has 0 spiro atoms. The normalized spacial score (nSPS) is 17.1. The Balaban J connectivity index is 2.16. The summed E-state index contributed by atoms with van der Waals surface area (Å²) in [5, 5.41) is 11.1. The van der Waals surface area contributed by atoms with Crippen molar-refractivity contribution in [3.8, 4) is 6.19 Å². The number of carbonyl (C=O) groups is 2. The molecule has 0 saturated heterocycles. The highest BCUT2D eigenvalue weighted by molar-refractivity contribution is 6.06. The first kappa shape index (κ1) is 14.5. The maximum Gasteiger partial charge on any atom is 0.308 e. The van der Waals surface area contributed by atoms with E-state index in [0.29, 0.717) is 0 Å². The van der Waals surface area contributed by atoms with Crippen molar-refractivity contribution in [2.75, 3.05) is 7.11 Å². The molecule has 0 bridgehead atoms. The van der Waals surface area contributed by atoms with E-state index in [9.17, 15) is 9.59 Å². The lowest BCUT2D eigenvalue weighted by Gasteiger charge is -2.17. The molecule has 0 radical (unpaired) electrons. The molecule has 0 aromatic heterocycles. The van der Waals surface area contributed by atoms with Gasteiger partial charge in [0.2, 0.25) is 5.96 Å². The first-order chi connectivity index (χ1) is 10.2. The number of nitrogens with zero attached hydrogens (tertiary/aromatic N) is 3. The van der Waals surface area contributed by atoms with Crippen LogP contribution in [-0.2, 0) is 20.9 Å². The molecule has 7 heteroatoms. The summed E-state index contributed by atoms with van der Waals surface area (Å²) in [6.45, 7) is 0.283. The van der Waals surface area contributed by atoms with Gasteiger partial charge in [0.05, 0.1) is 20.1 Å². The number of carbonyl (C=O) groups excluding carboxylic acids is 2. The molecule has 1 N–H and O–H groups in total. The SMILES string of the molecule is COC(=O)CC1N=C(NC#N)N(Cc2ccccc2)C1=O. The summed E-state index contributed by atoms with van der Waals surface area (Å²) in [5.41, 5.74) is 0.900. The quantitative estimate of drug-likeness (QED) is 0.491. The van der Waals surface area contributed by atoms with Gasteiger partial charge < -0.3 is 4.74 Å². The Labute approximate surface area is 121 Å². The number of methoxy groups -OCH3 is 1. The minimum Gasteiger partial charge on any atom is -0.469 e. The highest BCUT2D eigenvalue weighted by atomic mass is 16.5. The number of amides is 1. The van der Waals surface area contributed by atoms with Gasteiger partial charge in [0.25, 0.3) is 5.91 Å². The summed E-state index contributed by atoms with van der Waals surface area (Å²) in [4.78, 5) is 29.0. The third kappa shape index (κ3) is 3.36. The van der Waals surface area contributed by atoms with Crippen LogP contribution in [0.1, 0.15) is 12.0 Å². The molecule has 1 amide bonds. The summed E-state index contributed by atoms with van der Waals surface area (Å²) >= 11 is 0. The van der Waals surface area contributed by atoms with Gasteiger partial charge in [0.15, 0.2) is 6.19 Å². The number of esters is 1. The Morgan fingerprint density at radius 1 is 1.48 bits per heavy atom. The number of nitrogens with one attached hydrogen (secondary N) is 1. The molecular formula is C14H14N4O3. The van der Waals surface area contributed by atoms with E-state index in [1.54, 1.807) is 6.19 Å². The number of ether oxygens (including phenoxy) is 1. The van der Waals surface area contributed by atoms with E-state index in [4.69, 9.17) is 5.26 Å². The van der Waals surface area contributed by atoms with Crippen LogP contribution in [0, 0.1) is 11.5 Å². The number of guanidine groups is 1. The molecule has 1 atom stereocenters. The highest BCUT2D eigenvalue weighted by Gasteiger charge is 2.36. The Hall–Kier alpha value is -2.88. The maximum absolute atomic E-state index is 12.3. The fourth-order valence-corrected chi connectivity index (χ4v) is 2.00. The topological polar surface area (TPSA) is 94.8 Å². The van der Waals surface area contributed by atoms with Crippen LogP contribution in [0.4, 0.5) is 0 Å². The van der Waals surface area contributed by atoms with E-state index < -0.39 is 12.0 Å². The zero-order valence-corrected chi connectivity index (χ0v) is 11.4. The summed E-state index contributed by atoms with van der Waals surface area (Å²) in [5.74, 6) is -0.697. The van der Waals surface area contributed by atoms with Gasteiger partial charge in [-0.2, -0.15) is 5.26 Å². The monoisotopic (exact) mass is 286 g/mol. The number of benzene rings is 1. The average Bonchev–Trinajstić information content (AvgIpc) is 2.77. The first-order valence-corrected chi connectivity index (χ1v) is 6.30. The number of nitriles is 1. The number of hydrogen-bond acceptors (Lipinski definition) is 6. The predicted molar refractivity (Wildman–Crippen MR) is 73.6 cm³/mol. The van der Waals surface area contributed by atoms with Crippen molar-refractivity contribution in [3.05, 3.63) is 35.9 Å². The molecule has 1 aliphatic rings. The Morgan fingerprint density at radius 2 is 2.19 bits per heavy atom. The van der Waals surface area contributed by atoms with Crippen LogP contribution in [0.5, 0.6) is 0 Å². The van der Waals surface area contributed by atoms with Crippen LogP contribution >= 0.6 is 0 Å². The molecular weight excluding hydrogens is 272 g/mol. The number of hydrogen-bond donors (Lipinski definition) is 1.